The number of nitrogens with zero attached hydrogens (tertiary/aromatic N) is 2. The van der Waals surface area contributed by atoms with Gasteiger partial charge >= 0.3 is 0 Å². The monoisotopic (exact) mass is 311 g/mol. The summed E-state index contributed by atoms with van der Waals surface area (Å²) in [5.41, 5.74) is 2.13. The highest BCUT2D eigenvalue weighted by Crippen LogP contribution is 2.30. The molecule has 3 rings (SSSR count). The Balaban J connectivity index is 1.92. The highest BCUT2D eigenvalue weighted by molar-refractivity contribution is 7.00. The lowest BCUT2D eigenvalue weighted by Crippen LogP contribution is -2.03. The van der Waals surface area contributed by atoms with Gasteiger partial charge < -0.3 is 5.32 Å². The first kappa shape index (κ1) is 13.2. The predicted molar refractivity (Wildman–Crippen MR) is 76.1 cm³/mol. The number of rotatable bonds is 3. The van der Waals surface area contributed by atoms with Gasteiger partial charge in [0.05, 0.1) is 22.4 Å². The van der Waals surface area contributed by atoms with Crippen LogP contribution in [0.5, 0.6) is 0 Å². The Bertz CT molecular complexity index is 775. The Hall–Kier alpha value is -1.79. The Labute approximate surface area is 122 Å². The molecule has 0 spiro atoms. The molecule has 1 N–H and O–H groups in total. The van der Waals surface area contributed by atoms with Crippen molar-refractivity contribution in [1.82, 2.24) is 8.75 Å². The third-order valence-corrected chi connectivity index (χ3v) is 3.70. The summed E-state index contributed by atoms with van der Waals surface area (Å²) in [5, 5.41) is 3.45. The predicted octanol–water partition coefficient (Wildman–Crippen LogP) is 4.24. The number of benzene rings is 2. The molecule has 1 aromatic heterocycles. The van der Waals surface area contributed by atoms with Gasteiger partial charge in [-0.15, -0.1) is 0 Å². The summed E-state index contributed by atoms with van der Waals surface area (Å²) >= 11 is 7.17. The van der Waals surface area contributed by atoms with Gasteiger partial charge in [0.25, 0.3) is 0 Å². The summed E-state index contributed by atoms with van der Waals surface area (Å²) in [6.07, 6.45) is 0. The smallest absolute Gasteiger partial charge is 0.129 e. The van der Waals surface area contributed by atoms with Crippen LogP contribution in [-0.4, -0.2) is 8.75 Å². The van der Waals surface area contributed by atoms with Crippen LogP contribution >= 0.6 is 23.3 Å². The van der Waals surface area contributed by atoms with E-state index in [4.69, 9.17) is 11.6 Å². The molecule has 0 bridgehead atoms. The van der Waals surface area contributed by atoms with Gasteiger partial charge in [-0.2, -0.15) is 8.75 Å². The largest absolute Gasteiger partial charge is 0.378 e. The Morgan fingerprint density at radius 1 is 1.15 bits per heavy atom. The van der Waals surface area contributed by atoms with Crippen molar-refractivity contribution in [1.29, 1.82) is 0 Å². The van der Waals surface area contributed by atoms with E-state index in [0.717, 1.165) is 29.9 Å². The van der Waals surface area contributed by atoms with E-state index < -0.39 is 11.6 Å². The molecule has 2 aromatic carbocycles. The SMILES string of the molecule is Fc1ccc(F)c(CNc2c(Cl)ccc3nsnc23)c1. The van der Waals surface area contributed by atoms with E-state index in [0.29, 0.717) is 21.7 Å². The zero-order valence-electron chi connectivity index (χ0n) is 10.0. The summed E-state index contributed by atoms with van der Waals surface area (Å²) in [6.45, 7) is 0.111. The molecule has 0 atom stereocenters. The number of anilines is 1. The van der Waals surface area contributed by atoms with Crippen molar-refractivity contribution >= 4 is 40.0 Å². The lowest BCUT2D eigenvalue weighted by Gasteiger charge is -2.09. The van der Waals surface area contributed by atoms with E-state index in [1.54, 1.807) is 12.1 Å². The van der Waals surface area contributed by atoms with Crippen LogP contribution in [0.2, 0.25) is 5.02 Å². The second-order valence-corrected chi connectivity index (χ2v) is 5.08. The third-order valence-electron chi connectivity index (χ3n) is 2.84. The van der Waals surface area contributed by atoms with E-state index in [-0.39, 0.29) is 12.1 Å². The van der Waals surface area contributed by atoms with Crippen LogP contribution in [0.3, 0.4) is 0 Å². The standard InChI is InChI=1S/C13H8ClF2N3S/c14-9-2-4-11-13(19-20-18-11)12(9)17-6-7-5-8(15)1-3-10(7)16/h1-5,17H,6H2. The molecule has 0 radical (unpaired) electrons. The minimum atomic E-state index is -0.483. The van der Waals surface area contributed by atoms with Crippen molar-refractivity contribution in [3.05, 3.63) is 52.6 Å². The maximum Gasteiger partial charge on any atom is 0.129 e. The fourth-order valence-corrected chi connectivity index (χ4v) is 2.62. The molecule has 0 unspecified atom stereocenters. The molecule has 0 saturated carbocycles. The molecule has 0 saturated heterocycles. The summed E-state index contributed by atoms with van der Waals surface area (Å²) in [5.74, 6) is -0.957. The maximum absolute atomic E-state index is 13.6. The number of hydrogen-bond acceptors (Lipinski definition) is 4. The van der Waals surface area contributed by atoms with Crippen molar-refractivity contribution in [2.45, 2.75) is 6.54 Å². The van der Waals surface area contributed by atoms with Crippen molar-refractivity contribution in [3.63, 3.8) is 0 Å². The maximum atomic E-state index is 13.6. The average Bonchev–Trinajstić information content (AvgIpc) is 2.90. The first-order valence-corrected chi connectivity index (χ1v) is 6.84. The number of fused-ring (bicyclic) bond motifs is 1. The fraction of sp³-hybridized carbons (Fsp3) is 0.0769. The van der Waals surface area contributed by atoms with Crippen molar-refractivity contribution in [2.75, 3.05) is 5.32 Å². The van der Waals surface area contributed by atoms with Crippen molar-refractivity contribution in [3.8, 4) is 0 Å². The topological polar surface area (TPSA) is 37.8 Å². The number of hydrogen-bond donors (Lipinski definition) is 1. The summed E-state index contributed by atoms with van der Waals surface area (Å²) in [7, 11) is 0. The second kappa shape index (κ2) is 5.30. The first-order chi connectivity index (χ1) is 9.65. The molecule has 0 aliphatic heterocycles. The second-order valence-electron chi connectivity index (χ2n) is 4.14. The van der Waals surface area contributed by atoms with Gasteiger partial charge in [0, 0.05) is 12.1 Å². The van der Waals surface area contributed by atoms with E-state index in [1.165, 1.54) is 0 Å². The van der Waals surface area contributed by atoms with E-state index >= 15 is 0 Å². The third kappa shape index (κ3) is 2.44. The molecule has 3 nitrogen and oxygen atoms in total. The van der Waals surface area contributed by atoms with E-state index in [1.807, 2.05) is 0 Å². The summed E-state index contributed by atoms with van der Waals surface area (Å²) < 4.78 is 34.9. The molecule has 1 heterocycles. The minimum Gasteiger partial charge on any atom is -0.378 e. The molecule has 0 fully saturated rings. The molecule has 3 aromatic rings. The highest BCUT2D eigenvalue weighted by atomic mass is 35.5. The van der Waals surface area contributed by atoms with Crippen LogP contribution in [0.25, 0.3) is 11.0 Å². The zero-order chi connectivity index (χ0) is 14.1. The zero-order valence-corrected chi connectivity index (χ0v) is 11.6. The Morgan fingerprint density at radius 2 is 2.00 bits per heavy atom. The average molecular weight is 312 g/mol. The lowest BCUT2D eigenvalue weighted by molar-refractivity contribution is 0.587. The van der Waals surface area contributed by atoms with Gasteiger partial charge in [-0.3, -0.25) is 0 Å². The van der Waals surface area contributed by atoms with Crippen LogP contribution in [0.15, 0.2) is 30.3 Å². The summed E-state index contributed by atoms with van der Waals surface area (Å²) in [4.78, 5) is 0. The lowest BCUT2D eigenvalue weighted by atomic mass is 10.2. The van der Waals surface area contributed by atoms with Crippen LogP contribution < -0.4 is 5.32 Å². The fourth-order valence-electron chi connectivity index (χ4n) is 1.86. The molecule has 7 heteroatoms. The van der Waals surface area contributed by atoms with Crippen molar-refractivity contribution < 1.29 is 8.78 Å². The first-order valence-electron chi connectivity index (χ1n) is 5.74. The number of halogens is 3. The summed E-state index contributed by atoms with van der Waals surface area (Å²) in [6, 6.07) is 6.77. The minimum absolute atomic E-state index is 0.111. The molecule has 0 aliphatic carbocycles. The van der Waals surface area contributed by atoms with Gasteiger partial charge in [0.15, 0.2) is 0 Å². The molecular weight excluding hydrogens is 304 g/mol. The van der Waals surface area contributed by atoms with Gasteiger partial charge in [0.2, 0.25) is 0 Å². The van der Waals surface area contributed by atoms with Gasteiger partial charge in [-0.05, 0) is 30.3 Å². The number of aromatic nitrogens is 2. The highest BCUT2D eigenvalue weighted by Gasteiger charge is 2.11. The van der Waals surface area contributed by atoms with Crippen LogP contribution in [0, 0.1) is 11.6 Å². The van der Waals surface area contributed by atoms with Crippen LogP contribution in [0.1, 0.15) is 5.56 Å². The van der Waals surface area contributed by atoms with Gasteiger partial charge in [0.1, 0.15) is 22.7 Å². The van der Waals surface area contributed by atoms with E-state index in [2.05, 4.69) is 14.1 Å². The van der Waals surface area contributed by atoms with Gasteiger partial charge in [-0.25, -0.2) is 8.78 Å². The molecule has 0 aliphatic rings. The molecule has 102 valence electrons. The quantitative estimate of drug-likeness (QED) is 0.786. The molecular formula is C13H8ClF2N3S. The van der Waals surface area contributed by atoms with E-state index in [9.17, 15) is 8.78 Å². The molecule has 0 amide bonds. The van der Waals surface area contributed by atoms with Crippen LogP contribution in [-0.2, 0) is 6.54 Å². The van der Waals surface area contributed by atoms with Crippen molar-refractivity contribution in [2.24, 2.45) is 0 Å². The molecule has 20 heavy (non-hydrogen) atoms. The van der Waals surface area contributed by atoms with Crippen LogP contribution in [0.4, 0.5) is 14.5 Å². The Morgan fingerprint density at radius 3 is 2.85 bits per heavy atom. The normalized spacial score (nSPS) is 10.9. The Kier molecular flexibility index (Phi) is 3.50. The van der Waals surface area contributed by atoms with Gasteiger partial charge in [-0.1, -0.05) is 11.6 Å². The number of nitrogens with one attached hydrogen (secondary N) is 1.